The first-order valence-corrected chi connectivity index (χ1v) is 8.26. The Bertz CT molecular complexity index is 1130. The van der Waals surface area contributed by atoms with E-state index in [1.807, 2.05) is 50.2 Å². The number of amides is 1. The molecule has 0 unspecified atom stereocenters. The molecule has 0 atom stereocenters. The van der Waals surface area contributed by atoms with E-state index in [1.165, 1.54) is 0 Å². The van der Waals surface area contributed by atoms with Gasteiger partial charge in [-0.05, 0) is 55.3 Å². The number of carbonyl (C=O) groups excluding carboxylic acids is 1. The fourth-order valence-corrected chi connectivity index (χ4v) is 2.93. The number of aryl methyl sites for hydroxylation is 2. The molecule has 0 radical (unpaired) electrons. The molecule has 4 nitrogen and oxygen atoms in total. The van der Waals surface area contributed by atoms with Gasteiger partial charge in [-0.3, -0.25) is 4.79 Å². The Labute approximate surface area is 149 Å². The number of hydrogen-bond donors (Lipinski definition) is 1. The first-order valence-electron chi connectivity index (χ1n) is 7.88. The number of nitrogens with one attached hydrogen (secondary N) is 1. The molecule has 2 aromatic heterocycles. The van der Waals surface area contributed by atoms with Crippen molar-refractivity contribution in [3.05, 3.63) is 70.4 Å². The van der Waals surface area contributed by atoms with Crippen LogP contribution in [0.4, 0.5) is 5.69 Å². The molecule has 124 valence electrons. The van der Waals surface area contributed by atoms with Crippen LogP contribution in [0.25, 0.3) is 22.0 Å². The predicted molar refractivity (Wildman–Crippen MR) is 100 cm³/mol. The minimum absolute atomic E-state index is 0.227. The Balaban J connectivity index is 1.72. The lowest BCUT2D eigenvalue weighted by atomic mass is 10.1. The number of aromatic nitrogens is 1. The predicted octanol–water partition coefficient (Wildman–Crippen LogP) is 5.50. The summed E-state index contributed by atoms with van der Waals surface area (Å²) in [5.74, 6) is -0.0707. The first-order chi connectivity index (χ1) is 12.0. The van der Waals surface area contributed by atoms with Crippen LogP contribution in [0.1, 0.15) is 21.7 Å². The van der Waals surface area contributed by atoms with Gasteiger partial charge in [0.25, 0.3) is 5.91 Å². The Hall–Kier alpha value is -2.85. The Morgan fingerprint density at radius 2 is 1.88 bits per heavy atom. The monoisotopic (exact) mass is 350 g/mol. The van der Waals surface area contributed by atoms with Gasteiger partial charge in [0.1, 0.15) is 0 Å². The number of furan rings is 1. The van der Waals surface area contributed by atoms with Crippen LogP contribution in [0.3, 0.4) is 0 Å². The second-order valence-corrected chi connectivity index (χ2v) is 6.54. The molecule has 5 heteroatoms. The van der Waals surface area contributed by atoms with Gasteiger partial charge in [-0.25, -0.2) is 4.98 Å². The summed E-state index contributed by atoms with van der Waals surface area (Å²) < 4.78 is 5.65. The van der Waals surface area contributed by atoms with Crippen LogP contribution in [0.15, 0.2) is 52.9 Å². The molecule has 0 fully saturated rings. The van der Waals surface area contributed by atoms with Crippen molar-refractivity contribution < 1.29 is 9.21 Å². The number of halogens is 1. The van der Waals surface area contributed by atoms with Crippen LogP contribution in [-0.2, 0) is 0 Å². The molecule has 1 N–H and O–H groups in total. The summed E-state index contributed by atoms with van der Waals surface area (Å²) in [5, 5.41) is 5.23. The lowest BCUT2D eigenvalue weighted by Crippen LogP contribution is -2.11. The zero-order chi connectivity index (χ0) is 17.6. The first kappa shape index (κ1) is 15.7. The van der Waals surface area contributed by atoms with E-state index in [0.717, 1.165) is 33.1 Å². The maximum atomic E-state index is 12.5. The van der Waals surface area contributed by atoms with E-state index in [4.69, 9.17) is 16.0 Å². The van der Waals surface area contributed by atoms with Crippen LogP contribution < -0.4 is 5.32 Å². The van der Waals surface area contributed by atoms with Gasteiger partial charge in [0, 0.05) is 21.5 Å². The van der Waals surface area contributed by atoms with Gasteiger partial charge in [0.2, 0.25) is 5.71 Å². The highest BCUT2D eigenvalue weighted by Gasteiger charge is 2.15. The third kappa shape index (κ3) is 2.96. The van der Waals surface area contributed by atoms with E-state index in [9.17, 15) is 4.79 Å². The summed E-state index contributed by atoms with van der Waals surface area (Å²) in [6.45, 7) is 3.93. The van der Waals surface area contributed by atoms with E-state index in [-0.39, 0.29) is 11.7 Å². The molecule has 4 rings (SSSR count). The topological polar surface area (TPSA) is 55.1 Å². The van der Waals surface area contributed by atoms with Crippen molar-refractivity contribution in [3.8, 4) is 0 Å². The Morgan fingerprint density at radius 1 is 1.04 bits per heavy atom. The lowest BCUT2D eigenvalue weighted by molar-refractivity contribution is 0.0998. The largest absolute Gasteiger partial charge is 0.433 e. The van der Waals surface area contributed by atoms with E-state index in [0.29, 0.717) is 10.7 Å². The molecular weight excluding hydrogens is 336 g/mol. The van der Waals surface area contributed by atoms with Crippen LogP contribution in [0.2, 0.25) is 5.02 Å². The summed E-state index contributed by atoms with van der Waals surface area (Å²) in [5.41, 5.74) is 4.00. The summed E-state index contributed by atoms with van der Waals surface area (Å²) in [4.78, 5) is 17.0. The maximum absolute atomic E-state index is 12.5. The third-order valence-electron chi connectivity index (χ3n) is 4.13. The van der Waals surface area contributed by atoms with Gasteiger partial charge in [0.15, 0.2) is 5.76 Å². The van der Waals surface area contributed by atoms with Crippen molar-refractivity contribution in [1.82, 2.24) is 4.98 Å². The number of carbonyl (C=O) groups is 1. The molecule has 0 saturated heterocycles. The lowest BCUT2D eigenvalue weighted by Gasteiger charge is -2.07. The van der Waals surface area contributed by atoms with Crippen molar-refractivity contribution in [2.75, 3.05) is 5.32 Å². The fourth-order valence-electron chi connectivity index (χ4n) is 2.77. The van der Waals surface area contributed by atoms with Crippen molar-refractivity contribution in [3.63, 3.8) is 0 Å². The molecule has 0 aliphatic rings. The second kappa shape index (κ2) is 5.90. The SMILES string of the molecule is Cc1ccc(C)c(NC(=O)c2cc3cc4ccc(Cl)cc4nc3o2)c1. The van der Waals surface area contributed by atoms with Crippen LogP contribution in [0.5, 0.6) is 0 Å². The van der Waals surface area contributed by atoms with Gasteiger partial charge >= 0.3 is 0 Å². The average Bonchev–Trinajstić information content (AvgIpc) is 2.99. The molecule has 0 aliphatic carbocycles. The highest BCUT2D eigenvalue weighted by Crippen LogP contribution is 2.26. The molecule has 0 bridgehead atoms. The Kier molecular flexibility index (Phi) is 3.70. The highest BCUT2D eigenvalue weighted by atomic mass is 35.5. The number of benzene rings is 2. The second-order valence-electron chi connectivity index (χ2n) is 6.10. The summed E-state index contributed by atoms with van der Waals surface area (Å²) in [6.07, 6.45) is 0. The molecule has 25 heavy (non-hydrogen) atoms. The quantitative estimate of drug-likeness (QED) is 0.519. The standard InChI is InChI=1S/C20H15ClN2O2/c1-11-3-4-12(2)16(7-11)22-19(24)18-9-14-8-13-5-6-15(21)10-17(13)23-20(14)25-18/h3-10H,1-2H3,(H,22,24). The van der Waals surface area contributed by atoms with Crippen LogP contribution in [0, 0.1) is 13.8 Å². The van der Waals surface area contributed by atoms with E-state index in [2.05, 4.69) is 10.3 Å². The zero-order valence-corrected chi connectivity index (χ0v) is 14.5. The normalized spacial score (nSPS) is 11.2. The van der Waals surface area contributed by atoms with Crippen molar-refractivity contribution in [2.24, 2.45) is 0 Å². The number of rotatable bonds is 2. The van der Waals surface area contributed by atoms with E-state index < -0.39 is 0 Å². The molecule has 4 aromatic rings. The number of anilines is 1. The van der Waals surface area contributed by atoms with Crippen LogP contribution >= 0.6 is 11.6 Å². The minimum atomic E-state index is -0.297. The van der Waals surface area contributed by atoms with E-state index in [1.54, 1.807) is 12.1 Å². The Morgan fingerprint density at radius 3 is 2.72 bits per heavy atom. The van der Waals surface area contributed by atoms with Crippen molar-refractivity contribution in [2.45, 2.75) is 13.8 Å². The van der Waals surface area contributed by atoms with E-state index >= 15 is 0 Å². The molecule has 2 heterocycles. The number of pyridine rings is 1. The van der Waals surface area contributed by atoms with Crippen molar-refractivity contribution in [1.29, 1.82) is 0 Å². The summed E-state index contributed by atoms with van der Waals surface area (Å²) >= 11 is 6.01. The number of fused-ring (bicyclic) bond motifs is 2. The maximum Gasteiger partial charge on any atom is 0.291 e. The molecule has 0 saturated carbocycles. The molecule has 0 spiro atoms. The van der Waals surface area contributed by atoms with Crippen LogP contribution in [-0.4, -0.2) is 10.9 Å². The molecule has 2 aromatic carbocycles. The van der Waals surface area contributed by atoms with Gasteiger partial charge in [-0.1, -0.05) is 29.8 Å². The molecule has 1 amide bonds. The van der Waals surface area contributed by atoms with Gasteiger partial charge in [-0.15, -0.1) is 0 Å². The summed E-state index contributed by atoms with van der Waals surface area (Å²) in [6, 6.07) is 15.0. The summed E-state index contributed by atoms with van der Waals surface area (Å²) in [7, 11) is 0. The zero-order valence-electron chi connectivity index (χ0n) is 13.8. The van der Waals surface area contributed by atoms with Crippen molar-refractivity contribution >= 4 is 45.2 Å². The van der Waals surface area contributed by atoms with Gasteiger partial charge < -0.3 is 9.73 Å². The fraction of sp³-hybridized carbons (Fsp3) is 0.100. The number of hydrogen-bond acceptors (Lipinski definition) is 3. The van der Waals surface area contributed by atoms with Gasteiger partial charge in [-0.2, -0.15) is 0 Å². The molecular formula is C20H15ClN2O2. The minimum Gasteiger partial charge on any atom is -0.433 e. The average molecular weight is 351 g/mol. The molecule has 0 aliphatic heterocycles. The smallest absolute Gasteiger partial charge is 0.291 e. The highest BCUT2D eigenvalue weighted by molar-refractivity contribution is 6.31. The number of nitrogens with zero attached hydrogens (tertiary/aromatic N) is 1. The third-order valence-corrected chi connectivity index (χ3v) is 4.37. The van der Waals surface area contributed by atoms with Gasteiger partial charge in [0.05, 0.1) is 5.52 Å².